The molecule has 0 aliphatic heterocycles. The molecule has 0 saturated heterocycles. The van der Waals surface area contributed by atoms with E-state index in [1.807, 2.05) is 13.0 Å². The zero-order chi connectivity index (χ0) is 15.0. The number of fused-ring (bicyclic) bond motifs is 1. The first-order chi connectivity index (χ1) is 10.1. The van der Waals surface area contributed by atoms with Crippen molar-refractivity contribution >= 4 is 17.7 Å². The van der Waals surface area contributed by atoms with Gasteiger partial charge in [0.1, 0.15) is 5.56 Å². The van der Waals surface area contributed by atoms with Crippen molar-refractivity contribution in [1.82, 2.24) is 19.6 Å². The molecule has 3 heterocycles. The minimum absolute atomic E-state index is 0.106. The summed E-state index contributed by atoms with van der Waals surface area (Å²) in [5.41, 5.74) is 2.49. The second-order valence-corrected chi connectivity index (χ2v) is 4.53. The van der Waals surface area contributed by atoms with E-state index >= 15 is 0 Å². The number of rotatable bonds is 3. The van der Waals surface area contributed by atoms with Crippen LogP contribution >= 0.6 is 0 Å². The molecular weight excluding hydrogens is 268 g/mol. The highest BCUT2D eigenvalue weighted by Crippen LogP contribution is 2.27. The van der Waals surface area contributed by atoms with E-state index in [2.05, 4.69) is 21.6 Å². The highest BCUT2D eigenvalue weighted by molar-refractivity contribution is 6.02. The Morgan fingerprint density at radius 3 is 2.90 bits per heavy atom. The molecule has 1 N–H and O–H groups in total. The fraction of sp³-hybridized carbons (Fsp3) is 0.0667. The van der Waals surface area contributed by atoms with Crippen LogP contribution in [0.4, 0.5) is 0 Å². The van der Waals surface area contributed by atoms with Crippen molar-refractivity contribution < 1.29 is 9.90 Å². The van der Waals surface area contributed by atoms with Gasteiger partial charge in [-0.15, -0.1) is 5.10 Å². The molecule has 0 bridgehead atoms. The number of carboxylic acid groups (broad SMARTS) is 1. The van der Waals surface area contributed by atoms with Gasteiger partial charge in [-0.3, -0.25) is 4.98 Å². The molecule has 6 nitrogen and oxygen atoms in total. The lowest BCUT2D eigenvalue weighted by atomic mass is 10.0. The number of hydrogen-bond acceptors (Lipinski definition) is 4. The van der Waals surface area contributed by atoms with Crippen LogP contribution in [-0.2, 0) is 0 Å². The van der Waals surface area contributed by atoms with E-state index in [-0.39, 0.29) is 5.56 Å². The zero-order valence-corrected chi connectivity index (χ0v) is 11.3. The molecule has 21 heavy (non-hydrogen) atoms. The lowest BCUT2D eigenvalue weighted by molar-refractivity contribution is 0.0699. The summed E-state index contributed by atoms with van der Waals surface area (Å²) in [5, 5.41) is 13.8. The van der Waals surface area contributed by atoms with Crippen LogP contribution in [0.25, 0.3) is 22.9 Å². The Morgan fingerprint density at radius 2 is 2.29 bits per heavy atom. The van der Waals surface area contributed by atoms with Gasteiger partial charge in [0.05, 0.1) is 0 Å². The summed E-state index contributed by atoms with van der Waals surface area (Å²) in [6.07, 6.45) is 4.76. The second kappa shape index (κ2) is 4.82. The minimum Gasteiger partial charge on any atom is -0.478 e. The van der Waals surface area contributed by atoms with Gasteiger partial charge >= 0.3 is 5.97 Å². The van der Waals surface area contributed by atoms with Crippen molar-refractivity contribution in [1.29, 1.82) is 0 Å². The van der Waals surface area contributed by atoms with Crippen molar-refractivity contribution in [2.45, 2.75) is 6.92 Å². The maximum Gasteiger partial charge on any atom is 0.340 e. The Bertz CT molecular complexity index is 853. The first kappa shape index (κ1) is 13.0. The number of hydrogen-bond donors (Lipinski definition) is 1. The fourth-order valence-electron chi connectivity index (χ4n) is 2.25. The predicted molar refractivity (Wildman–Crippen MR) is 78.0 cm³/mol. The van der Waals surface area contributed by atoms with E-state index in [4.69, 9.17) is 0 Å². The van der Waals surface area contributed by atoms with Crippen molar-refractivity contribution in [3.8, 4) is 11.1 Å². The van der Waals surface area contributed by atoms with Crippen LogP contribution in [0.5, 0.6) is 0 Å². The summed E-state index contributed by atoms with van der Waals surface area (Å²) in [4.78, 5) is 20.0. The molecule has 3 aromatic heterocycles. The smallest absolute Gasteiger partial charge is 0.340 e. The molecule has 0 amide bonds. The third-order valence-corrected chi connectivity index (χ3v) is 3.17. The van der Waals surface area contributed by atoms with Gasteiger partial charge in [0.15, 0.2) is 11.5 Å². The Labute approximate surface area is 120 Å². The molecule has 0 saturated carbocycles. The van der Waals surface area contributed by atoms with Gasteiger partial charge in [-0.2, -0.15) is 0 Å². The molecule has 0 radical (unpaired) electrons. The summed E-state index contributed by atoms with van der Waals surface area (Å²) in [6, 6.07) is 5.35. The maximum atomic E-state index is 11.7. The van der Waals surface area contributed by atoms with E-state index in [0.717, 1.165) is 11.3 Å². The first-order valence-corrected chi connectivity index (χ1v) is 6.28. The minimum atomic E-state index is -1.05. The predicted octanol–water partition coefficient (Wildman–Crippen LogP) is 2.44. The molecule has 0 fully saturated rings. The van der Waals surface area contributed by atoms with Crippen molar-refractivity contribution in [3.63, 3.8) is 0 Å². The molecule has 3 aromatic rings. The topological polar surface area (TPSA) is 80.4 Å². The number of aryl methyl sites for hydroxylation is 1. The third-order valence-electron chi connectivity index (χ3n) is 3.17. The highest BCUT2D eigenvalue weighted by atomic mass is 16.4. The van der Waals surface area contributed by atoms with Crippen LogP contribution in [0.3, 0.4) is 0 Å². The molecule has 0 unspecified atom stereocenters. The van der Waals surface area contributed by atoms with Crippen molar-refractivity contribution in [2.75, 3.05) is 0 Å². The molecule has 0 aromatic carbocycles. The van der Waals surface area contributed by atoms with Crippen LogP contribution in [0.2, 0.25) is 0 Å². The Hall–Kier alpha value is -3.02. The fourth-order valence-corrected chi connectivity index (χ4v) is 2.25. The molecule has 0 spiro atoms. The van der Waals surface area contributed by atoms with E-state index < -0.39 is 5.97 Å². The summed E-state index contributed by atoms with van der Waals surface area (Å²) in [6.45, 7) is 5.46. The molecular formula is C15H12N4O2. The monoisotopic (exact) mass is 280 g/mol. The number of aromatic carboxylic acids is 1. The van der Waals surface area contributed by atoms with E-state index in [1.54, 1.807) is 24.5 Å². The number of pyridine rings is 2. The Kier molecular flexibility index (Phi) is 2.98. The summed E-state index contributed by atoms with van der Waals surface area (Å²) in [5.74, 6) is -0.661. The van der Waals surface area contributed by atoms with Gasteiger partial charge in [-0.1, -0.05) is 12.6 Å². The van der Waals surface area contributed by atoms with Crippen LogP contribution < -0.4 is 0 Å². The average Bonchev–Trinajstić information content (AvgIpc) is 2.92. The van der Waals surface area contributed by atoms with Gasteiger partial charge in [0.25, 0.3) is 0 Å². The van der Waals surface area contributed by atoms with Crippen molar-refractivity contribution in [3.05, 3.63) is 54.3 Å². The maximum absolute atomic E-state index is 11.7. The zero-order valence-electron chi connectivity index (χ0n) is 11.3. The van der Waals surface area contributed by atoms with Gasteiger partial charge in [0.2, 0.25) is 0 Å². The summed E-state index contributed by atoms with van der Waals surface area (Å²) in [7, 11) is 0. The highest BCUT2D eigenvalue weighted by Gasteiger charge is 2.20. The molecule has 6 heteroatoms. The van der Waals surface area contributed by atoms with E-state index in [0.29, 0.717) is 17.0 Å². The first-order valence-electron chi connectivity index (χ1n) is 6.28. The average molecular weight is 280 g/mol. The number of carboxylic acids is 1. The largest absolute Gasteiger partial charge is 0.478 e. The lowest BCUT2D eigenvalue weighted by Gasteiger charge is -2.09. The van der Waals surface area contributed by atoms with E-state index in [1.165, 1.54) is 10.6 Å². The lowest BCUT2D eigenvalue weighted by Crippen LogP contribution is -2.06. The van der Waals surface area contributed by atoms with Crippen LogP contribution in [0.1, 0.15) is 21.9 Å². The Morgan fingerprint density at radius 1 is 1.48 bits per heavy atom. The summed E-state index contributed by atoms with van der Waals surface area (Å²) < 4.78 is 1.51. The van der Waals surface area contributed by atoms with Gasteiger partial charge in [0, 0.05) is 29.2 Å². The molecule has 104 valence electrons. The number of nitrogens with zero attached hydrogens (tertiary/aromatic N) is 4. The Balaban J connectivity index is 2.42. The molecule has 0 aliphatic rings. The van der Waals surface area contributed by atoms with E-state index in [9.17, 15) is 9.90 Å². The summed E-state index contributed by atoms with van der Waals surface area (Å²) >= 11 is 0. The second-order valence-electron chi connectivity index (χ2n) is 4.53. The van der Waals surface area contributed by atoms with Gasteiger partial charge in [-0.25, -0.2) is 14.3 Å². The number of carbonyl (C=O) groups is 1. The van der Waals surface area contributed by atoms with Crippen LogP contribution in [0, 0.1) is 6.92 Å². The van der Waals surface area contributed by atoms with Crippen LogP contribution in [0.15, 0.2) is 37.2 Å². The SMILES string of the molecule is C=Cc1nc2c(C(=O)O)c(-c3cccnc3)cc(C)n2n1. The number of aromatic nitrogens is 4. The molecule has 0 atom stereocenters. The normalized spacial score (nSPS) is 10.7. The van der Waals surface area contributed by atoms with Crippen LogP contribution in [-0.4, -0.2) is 30.7 Å². The van der Waals surface area contributed by atoms with Gasteiger partial charge < -0.3 is 5.11 Å². The molecule has 3 rings (SSSR count). The van der Waals surface area contributed by atoms with Crippen molar-refractivity contribution in [2.24, 2.45) is 0 Å². The third kappa shape index (κ3) is 2.06. The van der Waals surface area contributed by atoms with Gasteiger partial charge in [-0.05, 0) is 25.1 Å². The quantitative estimate of drug-likeness (QED) is 0.797. The standard InChI is InChI=1S/C15H12N4O2/c1-3-12-17-14-13(15(20)21)11(7-9(2)19(14)18-12)10-5-4-6-16-8-10/h3-8H,1H2,2H3,(H,20,21). The molecule has 0 aliphatic carbocycles.